The number of aromatic nitrogens is 3. The minimum absolute atomic E-state index is 0.0167. The van der Waals surface area contributed by atoms with E-state index in [4.69, 9.17) is 38.6 Å². The number of nitrogens with zero attached hydrogens (tertiary/aromatic N) is 8. The number of aromatic hydroxyl groups is 1. The predicted molar refractivity (Wildman–Crippen MR) is 340 cm³/mol. The molecule has 87 heavy (non-hydrogen) atoms. The number of phenolic OH excluding ortho intramolecular Hbond substituents is 1. The van der Waals surface area contributed by atoms with Crippen molar-refractivity contribution in [3.63, 3.8) is 0 Å². The van der Waals surface area contributed by atoms with Crippen LogP contribution in [0, 0.1) is 5.92 Å². The van der Waals surface area contributed by atoms with Crippen molar-refractivity contribution in [3.8, 4) is 28.8 Å². The second kappa shape index (κ2) is 29.4. The van der Waals surface area contributed by atoms with Crippen molar-refractivity contribution >= 4 is 62.1 Å². The Morgan fingerprint density at radius 1 is 0.770 bits per heavy atom. The summed E-state index contributed by atoms with van der Waals surface area (Å²) in [5.74, 6) is 1.84. The van der Waals surface area contributed by atoms with Crippen molar-refractivity contribution in [1.29, 1.82) is 0 Å². The maximum absolute atomic E-state index is 14.4. The summed E-state index contributed by atoms with van der Waals surface area (Å²) >= 11 is 1.60. The number of hydrogen-bond donors (Lipinski definition) is 3. The fourth-order valence-electron chi connectivity index (χ4n) is 13.3. The molecule has 6 aromatic rings. The molecule has 3 saturated heterocycles. The molecule has 0 spiro atoms. The molecular formula is C67H86N10O9S. The lowest BCUT2D eigenvalue weighted by Crippen LogP contribution is -2.55. The third-order valence-electron chi connectivity index (χ3n) is 18.1. The molecule has 1 unspecified atom stereocenters. The number of piperidine rings is 1. The Hall–Kier alpha value is -6.94. The average molecular weight is 1210 g/mol. The SMILES string of the molecule is C=CC(=O)N1CCN(c2nc(O[C@H](C)CN3CCC(OCCOCCOCCOc4ccc(-c5csc([C@@H]6CCCN6C(=O)C(NC(=O)[C@H](C)NC)C6CCCCC6)n5)c5ccccc45)CC3)nc3c2CCN(c2cc(O)cc4ccccc24)C3)CC1. The first-order valence-corrected chi connectivity index (χ1v) is 32.5. The predicted octanol–water partition coefficient (Wildman–Crippen LogP) is 8.71. The summed E-state index contributed by atoms with van der Waals surface area (Å²) in [6.45, 7) is 17.3. The van der Waals surface area contributed by atoms with Crippen molar-refractivity contribution in [1.82, 2.24) is 40.3 Å². The summed E-state index contributed by atoms with van der Waals surface area (Å²) in [6.07, 6.45) is 10.9. The Morgan fingerprint density at radius 3 is 2.28 bits per heavy atom. The normalized spacial score (nSPS) is 19.0. The van der Waals surface area contributed by atoms with Crippen LogP contribution in [0.25, 0.3) is 32.8 Å². The van der Waals surface area contributed by atoms with Gasteiger partial charge in [-0.05, 0) is 107 Å². The zero-order valence-electron chi connectivity index (χ0n) is 50.8. The number of likely N-dealkylation sites (tertiary alicyclic amines) is 2. The van der Waals surface area contributed by atoms with E-state index >= 15 is 0 Å². The fraction of sp³-hybridized carbons (Fsp3) is 0.522. The second-order valence-corrected chi connectivity index (χ2v) is 24.7. The number of ether oxygens (including phenoxy) is 5. The van der Waals surface area contributed by atoms with E-state index in [0.717, 1.165) is 150 Å². The summed E-state index contributed by atoms with van der Waals surface area (Å²) in [5, 5.41) is 24.0. The fourth-order valence-corrected chi connectivity index (χ4v) is 14.2. The van der Waals surface area contributed by atoms with Gasteiger partial charge in [-0.25, -0.2) is 4.98 Å². The van der Waals surface area contributed by atoms with Crippen LogP contribution in [0.3, 0.4) is 0 Å². The highest BCUT2D eigenvalue weighted by Crippen LogP contribution is 2.41. The third-order valence-corrected chi connectivity index (χ3v) is 19.0. The van der Waals surface area contributed by atoms with Gasteiger partial charge in [0.15, 0.2) is 0 Å². The van der Waals surface area contributed by atoms with E-state index in [-0.39, 0.29) is 53.7 Å². The number of hydrogen-bond acceptors (Lipinski definition) is 17. The molecule has 5 aliphatic rings. The summed E-state index contributed by atoms with van der Waals surface area (Å²) in [7, 11) is 1.77. The standard InChI is InChI=1S/C67H86N10O9S/c1-5-61(79)74-30-32-75(33-31-74)63-55-25-29-76(59-41-49(78)40-48-16-9-10-17-51(48)59)43-56(55)70-67(72-63)86-45(2)42-73-27-23-50(24-28-73)84-38-36-82-34-35-83-37-39-85-60-22-21-53(52-18-11-12-19-54(52)60)57-44-87-65(69-57)58-20-13-26-77(58)66(81)62(47-14-7-6-8-15-47)71-64(80)46(3)68-4/h5,9-12,16-19,21-22,40-41,44-47,50,58,62,68,78H,1,6-8,13-15,20,23-39,42-43H2,2-4H3,(H,71,80)/t45-,46+,58+,62?/m1/s1. The van der Waals surface area contributed by atoms with Crippen molar-refractivity contribution in [3.05, 3.63) is 107 Å². The van der Waals surface area contributed by atoms with E-state index in [1.165, 1.54) is 12.5 Å². The molecule has 0 bridgehead atoms. The van der Waals surface area contributed by atoms with Gasteiger partial charge >= 0.3 is 6.01 Å². The molecule has 20 heteroatoms. The van der Waals surface area contributed by atoms with Crippen LogP contribution in [-0.4, -0.2) is 182 Å². The van der Waals surface area contributed by atoms with Crippen LogP contribution in [0.5, 0.6) is 17.5 Å². The molecule has 19 nitrogen and oxygen atoms in total. The molecule has 3 amide bonds. The zero-order chi connectivity index (χ0) is 60.2. The van der Waals surface area contributed by atoms with Crippen LogP contribution >= 0.6 is 11.3 Å². The van der Waals surface area contributed by atoms with Gasteiger partial charge in [-0.1, -0.05) is 74.4 Å². The Labute approximate surface area is 515 Å². The van der Waals surface area contributed by atoms with E-state index in [1.54, 1.807) is 24.5 Å². The number of carbonyl (C=O) groups excluding carboxylic acids is 3. The molecule has 0 radical (unpaired) electrons. The molecule has 4 aliphatic heterocycles. The number of carbonyl (C=O) groups is 3. The molecule has 464 valence electrons. The number of piperazine rings is 1. The lowest BCUT2D eigenvalue weighted by atomic mass is 9.83. The van der Waals surface area contributed by atoms with Crippen LogP contribution in [0.2, 0.25) is 0 Å². The number of phenols is 1. The molecule has 4 aromatic carbocycles. The molecule has 4 atom stereocenters. The molecular weight excluding hydrogens is 1120 g/mol. The van der Waals surface area contributed by atoms with Crippen LogP contribution in [0.1, 0.15) is 93.9 Å². The number of benzene rings is 4. The van der Waals surface area contributed by atoms with Crippen LogP contribution in [0.4, 0.5) is 11.5 Å². The number of rotatable bonds is 25. The monoisotopic (exact) mass is 1210 g/mol. The van der Waals surface area contributed by atoms with Gasteiger partial charge in [-0.15, -0.1) is 11.3 Å². The number of thiazole rings is 1. The smallest absolute Gasteiger partial charge is 0.318 e. The van der Waals surface area contributed by atoms with E-state index in [0.29, 0.717) is 84.9 Å². The van der Waals surface area contributed by atoms with Crippen molar-refractivity contribution < 1.29 is 43.2 Å². The summed E-state index contributed by atoms with van der Waals surface area (Å²) in [6, 6.07) is 23.4. The highest BCUT2D eigenvalue weighted by molar-refractivity contribution is 7.10. The molecule has 6 heterocycles. The van der Waals surface area contributed by atoms with Gasteiger partial charge in [0.05, 0.1) is 69.2 Å². The van der Waals surface area contributed by atoms with Crippen molar-refractivity contribution in [2.45, 2.75) is 115 Å². The Morgan fingerprint density at radius 2 is 1.51 bits per heavy atom. The molecule has 4 fully saturated rings. The minimum Gasteiger partial charge on any atom is -0.508 e. The average Bonchev–Trinajstić information content (AvgIpc) is 2.35. The highest BCUT2D eigenvalue weighted by atomic mass is 32.1. The van der Waals surface area contributed by atoms with Crippen molar-refractivity contribution in [2.24, 2.45) is 5.92 Å². The van der Waals surface area contributed by atoms with Crippen LogP contribution < -0.4 is 29.9 Å². The van der Waals surface area contributed by atoms with Crippen LogP contribution in [-0.2, 0) is 41.6 Å². The van der Waals surface area contributed by atoms with Gasteiger partial charge in [0.2, 0.25) is 17.7 Å². The summed E-state index contributed by atoms with van der Waals surface area (Å²) < 4.78 is 30.9. The number of fused-ring (bicyclic) bond motifs is 3. The molecule has 1 aliphatic carbocycles. The topological polar surface area (TPSA) is 197 Å². The second-order valence-electron chi connectivity index (χ2n) is 23.8. The van der Waals surface area contributed by atoms with E-state index in [2.05, 4.69) is 68.5 Å². The van der Waals surface area contributed by atoms with Gasteiger partial charge in [0, 0.05) is 97.9 Å². The lowest BCUT2D eigenvalue weighted by Gasteiger charge is -2.38. The molecule has 3 N–H and O–H groups in total. The maximum atomic E-state index is 14.4. The Kier molecular flexibility index (Phi) is 20.8. The van der Waals surface area contributed by atoms with E-state index < -0.39 is 6.04 Å². The lowest BCUT2D eigenvalue weighted by molar-refractivity contribution is -0.139. The minimum atomic E-state index is -0.531. The quantitative estimate of drug-likeness (QED) is 0.0363. The summed E-state index contributed by atoms with van der Waals surface area (Å²) in [5.41, 5.74) is 4.87. The van der Waals surface area contributed by atoms with E-state index in [9.17, 15) is 19.5 Å². The maximum Gasteiger partial charge on any atom is 0.318 e. The number of amides is 3. The van der Waals surface area contributed by atoms with Gasteiger partial charge in [-0.3, -0.25) is 19.3 Å². The molecule has 2 aromatic heterocycles. The number of likely N-dealkylation sites (N-methyl/N-ethyl adjacent to an activating group) is 1. The van der Waals surface area contributed by atoms with Gasteiger partial charge in [-0.2, -0.15) is 9.97 Å². The molecule has 11 rings (SSSR count). The van der Waals surface area contributed by atoms with Gasteiger partial charge in [0.25, 0.3) is 0 Å². The Balaban J connectivity index is 0.599. The largest absolute Gasteiger partial charge is 0.508 e. The number of anilines is 2. The highest BCUT2D eigenvalue weighted by Gasteiger charge is 2.40. The summed E-state index contributed by atoms with van der Waals surface area (Å²) in [4.78, 5) is 66.1. The van der Waals surface area contributed by atoms with Gasteiger partial charge in [0.1, 0.15) is 41.1 Å². The first-order chi connectivity index (χ1) is 42.5. The molecule has 1 saturated carbocycles. The van der Waals surface area contributed by atoms with Crippen molar-refractivity contribution in [2.75, 3.05) is 115 Å². The van der Waals surface area contributed by atoms with Crippen LogP contribution in [0.15, 0.2) is 90.8 Å². The first-order valence-electron chi connectivity index (χ1n) is 31.6. The Bertz CT molecular complexity index is 3320. The van der Waals surface area contributed by atoms with Gasteiger partial charge < -0.3 is 59.0 Å². The number of nitrogens with one attached hydrogen (secondary N) is 2. The zero-order valence-corrected chi connectivity index (χ0v) is 51.7. The first kappa shape index (κ1) is 61.7. The third kappa shape index (κ3) is 15.0. The van der Waals surface area contributed by atoms with E-state index in [1.807, 2.05) is 59.2 Å².